The van der Waals surface area contributed by atoms with E-state index in [9.17, 15) is 13.2 Å². The van der Waals surface area contributed by atoms with Gasteiger partial charge in [0.2, 0.25) is 10.0 Å². The lowest BCUT2D eigenvalue weighted by Gasteiger charge is -2.37. The number of amides is 2. The van der Waals surface area contributed by atoms with Gasteiger partial charge in [-0.3, -0.25) is 0 Å². The average molecular weight is 308 g/mol. The molecule has 0 spiro atoms. The molecule has 21 heavy (non-hydrogen) atoms. The lowest BCUT2D eigenvalue weighted by Crippen LogP contribution is -2.53. The molecular weight excluding hydrogens is 288 g/mol. The topological polar surface area (TPSA) is 57.7 Å². The summed E-state index contributed by atoms with van der Waals surface area (Å²) >= 11 is 0. The molecule has 0 bridgehead atoms. The largest absolute Gasteiger partial charge is 0.334 e. The molecule has 0 radical (unpaired) electrons. The van der Waals surface area contributed by atoms with Gasteiger partial charge in [0.15, 0.2) is 0 Å². The van der Waals surface area contributed by atoms with Crippen molar-refractivity contribution in [2.45, 2.75) is 39.3 Å². The minimum absolute atomic E-state index is 0.00108. The number of carbonyl (C=O) groups excluding carboxylic acids is 1. The first-order valence-electron chi connectivity index (χ1n) is 7.34. The van der Waals surface area contributed by atoms with E-state index in [1.54, 1.807) is 4.90 Å². The van der Waals surface area contributed by atoms with Gasteiger partial charge in [0.25, 0.3) is 0 Å². The van der Waals surface area contributed by atoms with Crippen LogP contribution in [0, 0.1) is 6.92 Å². The maximum Gasteiger partial charge on any atom is 0.334 e. The Morgan fingerprint density at radius 1 is 1.33 bits per heavy atom. The maximum atomic E-state index is 12.6. The standard InChI is InChI=1S/C15H20N2O3S/c1-3-4-7-17-15(18)16-9-12-6-5-11(2)8-13(12)14(16)10-21(17,19)20/h5-6,8,14H,3-4,7,9-10H2,1-2H3. The third-order valence-corrected chi connectivity index (χ3v) is 6.00. The Balaban J connectivity index is 1.96. The van der Waals surface area contributed by atoms with Crippen LogP contribution in [-0.2, 0) is 16.6 Å². The first-order valence-corrected chi connectivity index (χ1v) is 8.95. The van der Waals surface area contributed by atoms with E-state index in [4.69, 9.17) is 0 Å². The second-order valence-electron chi connectivity index (χ2n) is 5.83. The van der Waals surface area contributed by atoms with Gasteiger partial charge in [0.1, 0.15) is 0 Å². The van der Waals surface area contributed by atoms with Crippen LogP contribution >= 0.6 is 0 Å². The Labute approximate surface area is 125 Å². The molecule has 0 N–H and O–H groups in total. The maximum absolute atomic E-state index is 12.6. The van der Waals surface area contributed by atoms with Gasteiger partial charge in [-0.05, 0) is 24.5 Å². The van der Waals surface area contributed by atoms with Crippen molar-refractivity contribution in [2.75, 3.05) is 12.3 Å². The van der Waals surface area contributed by atoms with Crippen LogP contribution in [0.3, 0.4) is 0 Å². The van der Waals surface area contributed by atoms with Crippen molar-refractivity contribution in [2.24, 2.45) is 0 Å². The van der Waals surface area contributed by atoms with Gasteiger partial charge in [0, 0.05) is 13.1 Å². The molecule has 1 fully saturated rings. The molecule has 2 aliphatic heterocycles. The summed E-state index contributed by atoms with van der Waals surface area (Å²) in [5, 5.41) is 0. The minimum atomic E-state index is -3.51. The number of carbonyl (C=O) groups is 1. The third kappa shape index (κ3) is 2.31. The third-order valence-electron chi connectivity index (χ3n) is 4.26. The summed E-state index contributed by atoms with van der Waals surface area (Å²) in [6.07, 6.45) is 1.57. The van der Waals surface area contributed by atoms with Crippen LogP contribution in [0.4, 0.5) is 4.79 Å². The summed E-state index contributed by atoms with van der Waals surface area (Å²) < 4.78 is 25.9. The predicted octanol–water partition coefficient (Wildman–Crippen LogP) is 2.42. The number of sulfonamides is 1. The molecule has 0 saturated carbocycles. The molecule has 1 aromatic rings. The smallest absolute Gasteiger partial charge is 0.311 e. The number of fused-ring (bicyclic) bond motifs is 3. The zero-order chi connectivity index (χ0) is 15.2. The minimum Gasteiger partial charge on any atom is -0.311 e. The first-order chi connectivity index (χ1) is 9.94. The fourth-order valence-corrected chi connectivity index (χ4v) is 4.79. The molecule has 6 heteroatoms. The molecule has 0 aromatic heterocycles. The van der Waals surface area contributed by atoms with Crippen molar-refractivity contribution < 1.29 is 13.2 Å². The molecule has 2 aliphatic rings. The summed E-state index contributed by atoms with van der Waals surface area (Å²) in [6.45, 7) is 4.77. The van der Waals surface area contributed by atoms with Gasteiger partial charge in [-0.2, -0.15) is 0 Å². The summed E-state index contributed by atoms with van der Waals surface area (Å²) in [5.41, 5.74) is 3.14. The van der Waals surface area contributed by atoms with Gasteiger partial charge < -0.3 is 4.90 Å². The molecule has 1 saturated heterocycles. The van der Waals surface area contributed by atoms with E-state index >= 15 is 0 Å². The molecule has 114 valence electrons. The summed E-state index contributed by atoms with van der Waals surface area (Å²) in [4.78, 5) is 14.2. The second-order valence-corrected chi connectivity index (χ2v) is 7.77. The van der Waals surface area contributed by atoms with Crippen LogP contribution in [0.1, 0.15) is 42.5 Å². The molecule has 1 aromatic carbocycles. The SMILES string of the molecule is CCCCN1C(=O)N2Cc3ccc(C)cc3C2CS1(=O)=O. The Kier molecular flexibility index (Phi) is 3.43. The molecule has 2 amide bonds. The van der Waals surface area contributed by atoms with Crippen LogP contribution in [-0.4, -0.2) is 36.0 Å². The first kappa shape index (κ1) is 14.4. The molecule has 3 rings (SSSR count). The van der Waals surface area contributed by atoms with E-state index < -0.39 is 10.0 Å². The highest BCUT2D eigenvalue weighted by atomic mass is 32.2. The monoisotopic (exact) mass is 308 g/mol. The van der Waals surface area contributed by atoms with Crippen molar-refractivity contribution in [1.29, 1.82) is 0 Å². The average Bonchev–Trinajstić information content (AvgIpc) is 2.76. The van der Waals surface area contributed by atoms with E-state index in [1.165, 1.54) is 0 Å². The Hall–Kier alpha value is -1.56. The van der Waals surface area contributed by atoms with Crippen molar-refractivity contribution >= 4 is 16.1 Å². The van der Waals surface area contributed by atoms with Gasteiger partial charge in [-0.25, -0.2) is 17.5 Å². The van der Waals surface area contributed by atoms with Crippen LogP contribution in [0.2, 0.25) is 0 Å². The van der Waals surface area contributed by atoms with E-state index in [1.807, 2.05) is 32.0 Å². The number of hydrogen-bond acceptors (Lipinski definition) is 3. The zero-order valence-corrected chi connectivity index (χ0v) is 13.2. The van der Waals surface area contributed by atoms with Crippen LogP contribution in [0.15, 0.2) is 18.2 Å². The summed E-state index contributed by atoms with van der Waals surface area (Å²) in [5.74, 6) is -0.00108. The fraction of sp³-hybridized carbons (Fsp3) is 0.533. The molecule has 5 nitrogen and oxygen atoms in total. The molecule has 1 atom stereocenters. The number of nitrogens with zero attached hydrogens (tertiary/aromatic N) is 2. The number of hydrogen-bond donors (Lipinski definition) is 0. The highest BCUT2D eigenvalue weighted by Crippen LogP contribution is 2.39. The lowest BCUT2D eigenvalue weighted by atomic mass is 10.0. The molecule has 0 aliphatic carbocycles. The van der Waals surface area contributed by atoms with E-state index in [2.05, 4.69) is 0 Å². The Morgan fingerprint density at radius 3 is 2.81 bits per heavy atom. The Morgan fingerprint density at radius 2 is 2.10 bits per heavy atom. The zero-order valence-electron chi connectivity index (χ0n) is 12.4. The normalized spacial score (nSPS) is 23.1. The number of benzene rings is 1. The van der Waals surface area contributed by atoms with E-state index in [0.29, 0.717) is 13.0 Å². The lowest BCUT2D eigenvalue weighted by molar-refractivity contribution is 0.156. The quantitative estimate of drug-likeness (QED) is 0.861. The number of aryl methyl sites for hydroxylation is 1. The Bertz CT molecular complexity index is 684. The van der Waals surface area contributed by atoms with Gasteiger partial charge in [-0.1, -0.05) is 37.1 Å². The second kappa shape index (κ2) is 5.02. The molecule has 1 unspecified atom stereocenters. The van der Waals surface area contributed by atoms with Crippen LogP contribution < -0.4 is 0 Å². The fourth-order valence-electron chi connectivity index (χ4n) is 3.10. The molecule has 2 heterocycles. The summed E-state index contributed by atoms with van der Waals surface area (Å²) in [6, 6.07) is 5.32. The number of rotatable bonds is 3. The van der Waals surface area contributed by atoms with Crippen molar-refractivity contribution in [1.82, 2.24) is 9.21 Å². The van der Waals surface area contributed by atoms with Crippen LogP contribution in [0.25, 0.3) is 0 Å². The number of unbranched alkanes of at least 4 members (excludes halogenated alkanes) is 1. The highest BCUT2D eigenvalue weighted by molar-refractivity contribution is 7.89. The van der Waals surface area contributed by atoms with Gasteiger partial charge in [-0.15, -0.1) is 0 Å². The van der Waals surface area contributed by atoms with Crippen molar-refractivity contribution in [3.05, 3.63) is 34.9 Å². The van der Waals surface area contributed by atoms with Gasteiger partial charge in [0.05, 0.1) is 11.8 Å². The number of urea groups is 1. The highest BCUT2D eigenvalue weighted by Gasteiger charge is 2.46. The molecular formula is C15H20N2O3S. The summed E-state index contributed by atoms with van der Waals surface area (Å²) in [7, 11) is -3.51. The van der Waals surface area contributed by atoms with Gasteiger partial charge >= 0.3 is 6.03 Å². The predicted molar refractivity (Wildman–Crippen MR) is 80.3 cm³/mol. The van der Waals surface area contributed by atoms with Crippen LogP contribution in [0.5, 0.6) is 0 Å². The van der Waals surface area contributed by atoms with Crippen molar-refractivity contribution in [3.63, 3.8) is 0 Å². The van der Waals surface area contributed by atoms with Crippen molar-refractivity contribution in [3.8, 4) is 0 Å². The van der Waals surface area contributed by atoms with E-state index in [-0.39, 0.29) is 24.4 Å². The van der Waals surface area contributed by atoms with E-state index in [0.717, 1.165) is 27.4 Å².